The maximum absolute atomic E-state index is 13.9. The number of carbonyl (C=O) groups is 3. The van der Waals surface area contributed by atoms with Crippen molar-refractivity contribution < 1.29 is 23.5 Å². The summed E-state index contributed by atoms with van der Waals surface area (Å²) in [6, 6.07) is 14.5. The third-order valence-corrected chi connectivity index (χ3v) is 5.58. The van der Waals surface area contributed by atoms with Crippen molar-refractivity contribution in [3.63, 3.8) is 0 Å². The Balaban J connectivity index is 1.32. The molecule has 9 nitrogen and oxygen atoms in total. The molecule has 35 heavy (non-hydrogen) atoms. The molecule has 0 spiro atoms. The molecule has 3 heterocycles. The van der Waals surface area contributed by atoms with Gasteiger partial charge in [0.1, 0.15) is 29.6 Å². The fourth-order valence-electron chi connectivity index (χ4n) is 3.82. The molecule has 0 saturated heterocycles. The van der Waals surface area contributed by atoms with Gasteiger partial charge in [-0.25, -0.2) is 13.9 Å². The van der Waals surface area contributed by atoms with E-state index < -0.39 is 17.6 Å². The Labute approximate surface area is 198 Å². The van der Waals surface area contributed by atoms with Gasteiger partial charge in [0.15, 0.2) is 11.4 Å². The van der Waals surface area contributed by atoms with E-state index in [1.165, 1.54) is 22.8 Å². The van der Waals surface area contributed by atoms with Crippen LogP contribution in [-0.4, -0.2) is 38.8 Å². The summed E-state index contributed by atoms with van der Waals surface area (Å²) in [5.41, 5.74) is 2.35. The zero-order valence-corrected chi connectivity index (χ0v) is 18.5. The number of benzene rings is 2. The van der Waals surface area contributed by atoms with Crippen molar-refractivity contribution in [2.24, 2.45) is 0 Å². The van der Waals surface area contributed by atoms with E-state index >= 15 is 0 Å². The van der Waals surface area contributed by atoms with Crippen molar-refractivity contribution in [2.75, 3.05) is 6.61 Å². The van der Waals surface area contributed by atoms with Crippen LogP contribution >= 0.6 is 0 Å². The summed E-state index contributed by atoms with van der Waals surface area (Å²) in [7, 11) is 0. The molecule has 4 aromatic rings. The van der Waals surface area contributed by atoms with Crippen LogP contribution < -0.4 is 15.4 Å². The molecule has 0 radical (unpaired) electrons. The number of rotatable bonds is 6. The first-order valence-corrected chi connectivity index (χ1v) is 10.9. The Kier molecular flexibility index (Phi) is 5.92. The zero-order chi connectivity index (χ0) is 24.4. The molecule has 0 bridgehead atoms. The Hall–Kier alpha value is -4.60. The molecule has 0 saturated carbocycles. The smallest absolute Gasteiger partial charge is 0.270 e. The SMILES string of the molecule is O=C1COc2ccc(CNC(=O)c3cc(C(=O)NCc4ccccc4F)n4nccc4n3)cc2C1. The number of halogens is 1. The number of aromatic nitrogens is 3. The predicted molar refractivity (Wildman–Crippen MR) is 122 cm³/mol. The minimum Gasteiger partial charge on any atom is -0.486 e. The summed E-state index contributed by atoms with van der Waals surface area (Å²) in [6.07, 6.45) is 1.76. The number of nitrogens with zero attached hydrogens (tertiary/aromatic N) is 3. The van der Waals surface area contributed by atoms with Crippen LogP contribution in [0.4, 0.5) is 4.39 Å². The van der Waals surface area contributed by atoms with Gasteiger partial charge in [-0.3, -0.25) is 14.4 Å². The Morgan fingerprint density at radius 3 is 2.71 bits per heavy atom. The first kappa shape index (κ1) is 22.2. The van der Waals surface area contributed by atoms with Gasteiger partial charge in [0.2, 0.25) is 0 Å². The van der Waals surface area contributed by atoms with Crippen molar-refractivity contribution in [2.45, 2.75) is 19.5 Å². The summed E-state index contributed by atoms with van der Waals surface area (Å²) in [5, 5.41) is 9.54. The van der Waals surface area contributed by atoms with Crippen LogP contribution in [0.1, 0.15) is 37.7 Å². The van der Waals surface area contributed by atoms with Crippen LogP contribution in [0.2, 0.25) is 0 Å². The monoisotopic (exact) mass is 473 g/mol. The number of amides is 2. The van der Waals surface area contributed by atoms with Crippen LogP contribution in [0, 0.1) is 5.82 Å². The molecule has 1 aliphatic rings. The van der Waals surface area contributed by atoms with Gasteiger partial charge >= 0.3 is 0 Å². The second-order valence-electron chi connectivity index (χ2n) is 8.03. The number of nitrogens with one attached hydrogen (secondary N) is 2. The molecular weight excluding hydrogens is 453 g/mol. The molecule has 2 aromatic carbocycles. The normalized spacial score (nSPS) is 12.7. The Morgan fingerprint density at radius 1 is 1.03 bits per heavy atom. The van der Waals surface area contributed by atoms with Crippen molar-refractivity contribution >= 4 is 23.2 Å². The largest absolute Gasteiger partial charge is 0.486 e. The van der Waals surface area contributed by atoms with Crippen LogP contribution in [0.5, 0.6) is 5.75 Å². The lowest BCUT2D eigenvalue weighted by molar-refractivity contribution is -0.121. The average molecular weight is 473 g/mol. The van der Waals surface area contributed by atoms with Gasteiger partial charge in [0, 0.05) is 42.8 Å². The van der Waals surface area contributed by atoms with E-state index in [-0.39, 0.29) is 36.9 Å². The third kappa shape index (κ3) is 4.72. The van der Waals surface area contributed by atoms with Crippen molar-refractivity contribution in [1.82, 2.24) is 25.2 Å². The number of Topliss-reactive ketones (excluding diaryl/α,β-unsaturated/α-hetero) is 1. The summed E-state index contributed by atoms with van der Waals surface area (Å²) in [4.78, 5) is 41.7. The van der Waals surface area contributed by atoms with E-state index in [1.807, 2.05) is 12.1 Å². The second kappa shape index (κ2) is 9.34. The Bertz CT molecular complexity index is 1470. The Morgan fingerprint density at radius 2 is 1.86 bits per heavy atom. The second-order valence-corrected chi connectivity index (χ2v) is 8.03. The lowest BCUT2D eigenvalue weighted by atomic mass is 10.0. The molecule has 0 atom stereocenters. The van der Waals surface area contributed by atoms with E-state index in [0.717, 1.165) is 11.1 Å². The highest BCUT2D eigenvalue weighted by Gasteiger charge is 2.19. The number of ether oxygens (including phenoxy) is 1. The molecule has 2 aromatic heterocycles. The molecule has 2 amide bonds. The summed E-state index contributed by atoms with van der Waals surface area (Å²) in [6.45, 7) is 0.242. The third-order valence-electron chi connectivity index (χ3n) is 5.58. The fourth-order valence-corrected chi connectivity index (χ4v) is 3.82. The van der Waals surface area contributed by atoms with Gasteiger partial charge in [0.25, 0.3) is 11.8 Å². The standard InChI is InChI=1S/C25H20FN5O4/c26-19-4-2-1-3-16(19)13-28-25(34)21-11-20(30-23-7-8-29-31(21)23)24(33)27-12-15-5-6-22-17(9-15)10-18(32)14-35-22/h1-9,11H,10,12-14H2,(H,27,33)(H,28,34). The highest BCUT2D eigenvalue weighted by molar-refractivity contribution is 5.98. The van der Waals surface area contributed by atoms with Gasteiger partial charge in [-0.2, -0.15) is 5.10 Å². The van der Waals surface area contributed by atoms with Crippen molar-refractivity contribution in [3.8, 4) is 5.75 Å². The quantitative estimate of drug-likeness (QED) is 0.444. The highest BCUT2D eigenvalue weighted by Crippen LogP contribution is 2.24. The lowest BCUT2D eigenvalue weighted by Gasteiger charge is -2.17. The zero-order valence-electron chi connectivity index (χ0n) is 18.5. The van der Waals surface area contributed by atoms with Gasteiger partial charge in [-0.15, -0.1) is 0 Å². The molecular formula is C25H20FN5O4. The maximum Gasteiger partial charge on any atom is 0.270 e. The molecule has 2 N–H and O–H groups in total. The molecule has 1 aliphatic heterocycles. The van der Waals surface area contributed by atoms with Crippen molar-refractivity contribution in [3.05, 3.63) is 94.7 Å². The highest BCUT2D eigenvalue weighted by atomic mass is 19.1. The minimum absolute atomic E-state index is 0.00203. The predicted octanol–water partition coefficient (Wildman–Crippen LogP) is 2.23. The minimum atomic E-state index is -0.530. The number of hydrogen-bond donors (Lipinski definition) is 2. The first-order chi connectivity index (χ1) is 17.0. The van der Waals surface area contributed by atoms with E-state index in [4.69, 9.17) is 4.74 Å². The average Bonchev–Trinajstić information content (AvgIpc) is 3.34. The number of hydrogen-bond acceptors (Lipinski definition) is 6. The molecule has 10 heteroatoms. The number of carbonyl (C=O) groups excluding carboxylic acids is 3. The summed E-state index contributed by atoms with van der Waals surface area (Å²) < 4.78 is 20.6. The van der Waals surface area contributed by atoms with Gasteiger partial charge in [-0.1, -0.05) is 24.3 Å². The topological polar surface area (TPSA) is 115 Å². The number of ketones is 1. The van der Waals surface area contributed by atoms with E-state index in [2.05, 4.69) is 20.7 Å². The molecule has 5 rings (SSSR count). The summed E-state index contributed by atoms with van der Waals surface area (Å²) >= 11 is 0. The van der Waals surface area contributed by atoms with Crippen LogP contribution in [0.3, 0.4) is 0 Å². The van der Waals surface area contributed by atoms with Gasteiger partial charge in [0.05, 0.1) is 6.20 Å². The van der Waals surface area contributed by atoms with Crippen LogP contribution in [0.25, 0.3) is 5.65 Å². The summed E-state index contributed by atoms with van der Waals surface area (Å²) in [5.74, 6) is -0.777. The van der Waals surface area contributed by atoms with Crippen LogP contribution in [0.15, 0.2) is 60.8 Å². The molecule has 0 unspecified atom stereocenters. The van der Waals surface area contributed by atoms with Gasteiger partial charge in [-0.05, 0) is 23.8 Å². The molecule has 176 valence electrons. The fraction of sp³-hybridized carbons (Fsp3) is 0.160. The van der Waals surface area contributed by atoms with Crippen LogP contribution in [-0.2, 0) is 24.3 Å². The molecule has 0 fully saturated rings. The maximum atomic E-state index is 13.9. The van der Waals surface area contributed by atoms with E-state index in [9.17, 15) is 18.8 Å². The van der Waals surface area contributed by atoms with Gasteiger partial charge < -0.3 is 15.4 Å². The molecule has 0 aliphatic carbocycles. The number of fused-ring (bicyclic) bond motifs is 2. The van der Waals surface area contributed by atoms with E-state index in [1.54, 1.807) is 30.3 Å². The van der Waals surface area contributed by atoms with Crippen molar-refractivity contribution in [1.29, 1.82) is 0 Å². The first-order valence-electron chi connectivity index (χ1n) is 10.9. The lowest BCUT2D eigenvalue weighted by Crippen LogP contribution is -2.28. The van der Waals surface area contributed by atoms with E-state index in [0.29, 0.717) is 23.4 Å².